The summed E-state index contributed by atoms with van der Waals surface area (Å²) in [5.74, 6) is 2.25. The molecule has 1 unspecified atom stereocenters. The third-order valence-corrected chi connectivity index (χ3v) is 3.78. The van der Waals surface area contributed by atoms with Crippen LogP contribution in [0.25, 0.3) is 0 Å². The molecular formula is C7H11NS2. The molecule has 2 rings (SSSR count). The molecule has 1 aliphatic carbocycles. The van der Waals surface area contributed by atoms with Crippen molar-refractivity contribution >= 4 is 29.3 Å². The number of hydrogen-bond acceptors (Lipinski definition) is 3. The third kappa shape index (κ3) is 1.36. The fourth-order valence-corrected chi connectivity index (χ4v) is 2.81. The monoisotopic (exact) mass is 173 g/mol. The number of nitrogens with one attached hydrogen (secondary N) is 1. The van der Waals surface area contributed by atoms with Gasteiger partial charge in [0.25, 0.3) is 0 Å². The van der Waals surface area contributed by atoms with Gasteiger partial charge >= 0.3 is 0 Å². The van der Waals surface area contributed by atoms with Gasteiger partial charge in [0.1, 0.15) is 0 Å². The molecule has 2 fully saturated rings. The molecule has 0 radical (unpaired) electrons. The van der Waals surface area contributed by atoms with Gasteiger partial charge in [0.05, 0.1) is 5.37 Å². The molecule has 56 valence electrons. The molecule has 0 aromatic rings. The van der Waals surface area contributed by atoms with Crippen LogP contribution in [0.3, 0.4) is 0 Å². The topological polar surface area (TPSA) is 12.0 Å². The Kier molecular flexibility index (Phi) is 1.98. The zero-order chi connectivity index (χ0) is 6.97. The van der Waals surface area contributed by atoms with E-state index in [9.17, 15) is 0 Å². The van der Waals surface area contributed by atoms with E-state index < -0.39 is 0 Å². The van der Waals surface area contributed by atoms with Crippen molar-refractivity contribution in [3.63, 3.8) is 0 Å². The van der Waals surface area contributed by atoms with E-state index in [1.54, 1.807) is 0 Å². The van der Waals surface area contributed by atoms with Crippen LogP contribution in [0.1, 0.15) is 12.8 Å². The van der Waals surface area contributed by atoms with Gasteiger partial charge in [0.2, 0.25) is 0 Å². The highest BCUT2D eigenvalue weighted by Gasteiger charge is 2.35. The molecule has 1 heterocycles. The molecule has 0 aromatic heterocycles. The highest BCUT2D eigenvalue weighted by atomic mass is 32.2. The lowest BCUT2D eigenvalue weighted by atomic mass is 10.2. The molecule has 1 N–H and O–H groups in total. The van der Waals surface area contributed by atoms with Gasteiger partial charge < -0.3 is 0 Å². The molecule has 1 nitrogen and oxygen atoms in total. The first-order valence-electron chi connectivity index (χ1n) is 3.73. The van der Waals surface area contributed by atoms with E-state index in [0.717, 1.165) is 12.0 Å². The Bertz CT molecular complexity index is 145. The molecule has 2 atom stereocenters. The lowest BCUT2D eigenvalue weighted by Crippen LogP contribution is -2.31. The molecule has 0 bridgehead atoms. The van der Waals surface area contributed by atoms with Crippen LogP contribution in [0, 0.1) is 5.92 Å². The van der Waals surface area contributed by atoms with E-state index in [-0.39, 0.29) is 0 Å². The Morgan fingerprint density at radius 3 is 2.80 bits per heavy atom. The van der Waals surface area contributed by atoms with Gasteiger partial charge in [0.15, 0.2) is 0 Å². The van der Waals surface area contributed by atoms with E-state index in [1.165, 1.54) is 18.6 Å². The van der Waals surface area contributed by atoms with Gasteiger partial charge in [-0.25, -0.2) is 0 Å². The maximum Gasteiger partial charge on any atom is 0.0825 e. The first-order valence-corrected chi connectivity index (χ1v) is 5.25. The molecular weight excluding hydrogens is 162 g/mol. The van der Waals surface area contributed by atoms with E-state index >= 15 is 0 Å². The molecule has 1 saturated carbocycles. The smallest absolute Gasteiger partial charge is 0.0825 e. The number of thioether (sulfide) groups is 1. The van der Waals surface area contributed by atoms with E-state index in [1.807, 2.05) is 17.1 Å². The van der Waals surface area contributed by atoms with Crippen molar-refractivity contribution < 1.29 is 0 Å². The van der Waals surface area contributed by atoms with Crippen molar-refractivity contribution in [2.24, 2.45) is 5.92 Å². The summed E-state index contributed by atoms with van der Waals surface area (Å²) in [5, 5.41) is 5.80. The predicted molar refractivity (Wildman–Crippen MR) is 49.5 cm³/mol. The molecule has 0 aromatic carbocycles. The molecule has 3 heteroatoms. The SMILES string of the molecule is S=CC1N[C@H](C2CC2)CS1. The summed E-state index contributed by atoms with van der Waals surface area (Å²) in [6, 6.07) is 0.772. The maximum absolute atomic E-state index is 4.86. The number of hydrogen-bond donors (Lipinski definition) is 1. The predicted octanol–water partition coefficient (Wildman–Crippen LogP) is 1.43. The van der Waals surface area contributed by atoms with Gasteiger partial charge in [-0.1, -0.05) is 12.2 Å². The summed E-state index contributed by atoms with van der Waals surface area (Å²) in [6.07, 6.45) is 2.87. The van der Waals surface area contributed by atoms with Crippen molar-refractivity contribution in [2.45, 2.75) is 24.3 Å². The molecule has 2 aliphatic rings. The second-order valence-corrected chi connectivity index (χ2v) is 4.45. The van der Waals surface area contributed by atoms with Crippen LogP contribution >= 0.6 is 24.0 Å². The molecule has 1 saturated heterocycles. The Morgan fingerprint density at radius 2 is 2.30 bits per heavy atom. The van der Waals surface area contributed by atoms with Crippen LogP contribution in [0.4, 0.5) is 0 Å². The van der Waals surface area contributed by atoms with E-state index in [0.29, 0.717) is 5.37 Å². The van der Waals surface area contributed by atoms with Crippen molar-refractivity contribution in [2.75, 3.05) is 5.75 Å². The Labute approximate surface area is 70.9 Å². The minimum atomic E-state index is 0.459. The largest absolute Gasteiger partial charge is 0.298 e. The first-order chi connectivity index (χ1) is 4.90. The summed E-state index contributed by atoms with van der Waals surface area (Å²) in [4.78, 5) is 0. The van der Waals surface area contributed by atoms with Gasteiger partial charge in [-0.2, -0.15) is 0 Å². The zero-order valence-corrected chi connectivity index (χ0v) is 7.38. The van der Waals surface area contributed by atoms with E-state index in [4.69, 9.17) is 12.2 Å². The highest BCUT2D eigenvalue weighted by molar-refractivity contribution is 8.01. The van der Waals surface area contributed by atoms with Gasteiger partial charge in [-0.05, 0) is 18.8 Å². The fraction of sp³-hybridized carbons (Fsp3) is 0.857. The van der Waals surface area contributed by atoms with E-state index in [2.05, 4.69) is 5.32 Å². The Balaban J connectivity index is 1.86. The normalized spacial score (nSPS) is 40.0. The van der Waals surface area contributed by atoms with Crippen LogP contribution in [0.2, 0.25) is 0 Å². The summed E-state index contributed by atoms with van der Waals surface area (Å²) in [6.45, 7) is 0. The average molecular weight is 173 g/mol. The highest BCUT2D eigenvalue weighted by Crippen LogP contribution is 2.37. The summed E-state index contributed by atoms with van der Waals surface area (Å²) in [5.41, 5.74) is 0. The van der Waals surface area contributed by atoms with Gasteiger partial charge in [-0.3, -0.25) is 5.32 Å². The van der Waals surface area contributed by atoms with Crippen molar-refractivity contribution in [3.8, 4) is 0 Å². The minimum Gasteiger partial charge on any atom is -0.298 e. The van der Waals surface area contributed by atoms with Crippen LogP contribution in [-0.2, 0) is 0 Å². The number of thiocarbonyl (C=S) groups is 1. The number of rotatable bonds is 2. The second-order valence-electron chi connectivity index (χ2n) is 3.00. The second kappa shape index (κ2) is 2.80. The standard InChI is InChI=1S/C7H11NS2/c9-3-7-8-6(4-10-7)5-1-2-5/h3,5-8H,1-2,4H2/t6-,7?/m0/s1. The molecule has 0 amide bonds. The third-order valence-electron chi connectivity index (χ3n) is 2.15. The summed E-state index contributed by atoms with van der Waals surface area (Å²) in [7, 11) is 0. The lowest BCUT2D eigenvalue weighted by molar-refractivity contribution is 0.550. The molecule has 10 heavy (non-hydrogen) atoms. The molecule has 0 spiro atoms. The van der Waals surface area contributed by atoms with Crippen LogP contribution in [-0.4, -0.2) is 22.5 Å². The lowest BCUT2D eigenvalue weighted by Gasteiger charge is -2.07. The summed E-state index contributed by atoms with van der Waals surface area (Å²) < 4.78 is 0. The summed E-state index contributed by atoms with van der Waals surface area (Å²) >= 11 is 6.81. The van der Waals surface area contributed by atoms with Gasteiger partial charge in [-0.15, -0.1) is 11.8 Å². The van der Waals surface area contributed by atoms with Crippen LogP contribution < -0.4 is 5.32 Å². The average Bonchev–Trinajstić information content (AvgIpc) is 2.70. The van der Waals surface area contributed by atoms with Crippen molar-refractivity contribution in [3.05, 3.63) is 0 Å². The van der Waals surface area contributed by atoms with Crippen molar-refractivity contribution in [1.82, 2.24) is 5.32 Å². The van der Waals surface area contributed by atoms with Crippen LogP contribution in [0.5, 0.6) is 0 Å². The fourth-order valence-electron chi connectivity index (χ4n) is 1.36. The van der Waals surface area contributed by atoms with Gasteiger partial charge in [0, 0.05) is 17.2 Å². The van der Waals surface area contributed by atoms with Crippen molar-refractivity contribution in [1.29, 1.82) is 0 Å². The Hall–Kier alpha value is 0.400. The quantitative estimate of drug-likeness (QED) is 0.634. The molecule has 1 aliphatic heterocycles. The van der Waals surface area contributed by atoms with Crippen LogP contribution in [0.15, 0.2) is 0 Å². The first kappa shape index (κ1) is 7.07. The maximum atomic E-state index is 4.86. The zero-order valence-electron chi connectivity index (χ0n) is 5.75. The Morgan fingerprint density at radius 1 is 1.50 bits per heavy atom. The minimum absolute atomic E-state index is 0.459.